The average molecular weight is 412 g/mol. The van der Waals surface area contributed by atoms with Crippen molar-refractivity contribution in [1.29, 1.82) is 0 Å². The second-order valence-corrected chi connectivity index (χ2v) is 7.84. The number of hydrogen-bond acceptors (Lipinski definition) is 7. The summed E-state index contributed by atoms with van der Waals surface area (Å²) < 4.78 is 7.20. The number of thiocarbonyl (C=S) groups is 1. The molecule has 4 heterocycles. The van der Waals surface area contributed by atoms with E-state index in [2.05, 4.69) is 10.3 Å². The van der Waals surface area contributed by atoms with Gasteiger partial charge in [-0.05, 0) is 36.8 Å². The molecular weight excluding hydrogens is 396 g/mol. The van der Waals surface area contributed by atoms with Gasteiger partial charge < -0.3 is 9.73 Å². The van der Waals surface area contributed by atoms with Gasteiger partial charge in [-0.1, -0.05) is 30.0 Å². The molecule has 0 aromatic carbocycles. The SMILES string of the molecule is CNc1nc2c(C)cccn2c(=O)c1C=C1SC(=S)N(Cc2ccco2)C1=O. The van der Waals surface area contributed by atoms with Gasteiger partial charge in [0.25, 0.3) is 11.5 Å². The number of anilines is 1. The molecule has 0 spiro atoms. The minimum atomic E-state index is -0.262. The van der Waals surface area contributed by atoms with Crippen LogP contribution in [-0.2, 0) is 11.3 Å². The number of aryl methyl sites for hydroxylation is 1. The molecule has 0 bridgehead atoms. The number of aromatic nitrogens is 2. The fourth-order valence-corrected chi connectivity index (χ4v) is 4.19. The van der Waals surface area contributed by atoms with E-state index in [-0.39, 0.29) is 18.0 Å². The van der Waals surface area contributed by atoms with Crippen LogP contribution >= 0.6 is 24.0 Å². The average Bonchev–Trinajstić information content (AvgIpc) is 3.28. The summed E-state index contributed by atoms with van der Waals surface area (Å²) in [6, 6.07) is 7.22. The number of carbonyl (C=O) groups is 1. The molecule has 1 fully saturated rings. The van der Waals surface area contributed by atoms with Crippen LogP contribution < -0.4 is 10.9 Å². The number of pyridine rings is 1. The summed E-state index contributed by atoms with van der Waals surface area (Å²) >= 11 is 6.50. The molecule has 1 saturated heterocycles. The second kappa shape index (κ2) is 7.25. The second-order valence-electron chi connectivity index (χ2n) is 6.16. The van der Waals surface area contributed by atoms with Crippen molar-refractivity contribution < 1.29 is 9.21 Å². The molecule has 3 aromatic rings. The molecule has 0 unspecified atom stereocenters. The van der Waals surface area contributed by atoms with Crippen LogP contribution in [0.4, 0.5) is 5.82 Å². The Labute approximate surface area is 170 Å². The van der Waals surface area contributed by atoms with Gasteiger partial charge in [-0.2, -0.15) is 0 Å². The summed E-state index contributed by atoms with van der Waals surface area (Å²) in [6.45, 7) is 2.14. The van der Waals surface area contributed by atoms with Gasteiger partial charge in [0.05, 0.1) is 23.3 Å². The Bertz CT molecular complexity index is 1180. The Kier molecular flexibility index (Phi) is 4.78. The molecule has 0 atom stereocenters. The van der Waals surface area contributed by atoms with E-state index in [1.807, 2.05) is 13.0 Å². The van der Waals surface area contributed by atoms with Crippen LogP contribution in [0.2, 0.25) is 0 Å². The summed E-state index contributed by atoms with van der Waals surface area (Å²) in [4.78, 5) is 32.2. The van der Waals surface area contributed by atoms with E-state index in [9.17, 15) is 9.59 Å². The molecule has 0 radical (unpaired) electrons. The molecule has 28 heavy (non-hydrogen) atoms. The first-order valence-corrected chi connectivity index (χ1v) is 9.69. The van der Waals surface area contributed by atoms with Gasteiger partial charge in [-0.3, -0.25) is 18.9 Å². The van der Waals surface area contributed by atoms with E-state index in [1.165, 1.54) is 9.30 Å². The minimum Gasteiger partial charge on any atom is -0.467 e. The first-order valence-electron chi connectivity index (χ1n) is 8.47. The largest absolute Gasteiger partial charge is 0.467 e. The molecule has 0 saturated carbocycles. The summed E-state index contributed by atoms with van der Waals surface area (Å²) in [5.74, 6) is 0.786. The highest BCUT2D eigenvalue weighted by molar-refractivity contribution is 8.26. The third-order valence-corrected chi connectivity index (χ3v) is 5.74. The molecular formula is C19H16N4O3S2. The van der Waals surface area contributed by atoms with Crippen LogP contribution in [0.3, 0.4) is 0 Å². The molecule has 1 N–H and O–H groups in total. The Balaban J connectivity index is 1.77. The summed E-state index contributed by atoms with van der Waals surface area (Å²) in [6.07, 6.45) is 4.76. The third-order valence-electron chi connectivity index (χ3n) is 4.36. The number of fused-ring (bicyclic) bond motifs is 1. The molecule has 1 aliphatic rings. The van der Waals surface area contributed by atoms with Crippen LogP contribution in [-0.4, -0.2) is 31.6 Å². The zero-order chi connectivity index (χ0) is 19.8. The lowest BCUT2D eigenvalue weighted by Gasteiger charge is -2.12. The highest BCUT2D eigenvalue weighted by atomic mass is 32.2. The first kappa shape index (κ1) is 18.5. The maximum atomic E-state index is 13.0. The lowest BCUT2D eigenvalue weighted by Crippen LogP contribution is -2.27. The minimum absolute atomic E-state index is 0.252. The predicted molar refractivity (Wildman–Crippen MR) is 113 cm³/mol. The van der Waals surface area contributed by atoms with Crippen LogP contribution in [0.5, 0.6) is 0 Å². The van der Waals surface area contributed by atoms with Gasteiger partial charge >= 0.3 is 0 Å². The van der Waals surface area contributed by atoms with E-state index in [0.29, 0.717) is 32.0 Å². The Morgan fingerprint density at radius 2 is 2.14 bits per heavy atom. The molecule has 0 aliphatic carbocycles. The van der Waals surface area contributed by atoms with Crippen LogP contribution in [0, 0.1) is 6.92 Å². The molecule has 9 heteroatoms. The number of carbonyl (C=O) groups excluding carboxylic acids is 1. The number of amides is 1. The molecule has 7 nitrogen and oxygen atoms in total. The van der Waals surface area contributed by atoms with Crippen molar-refractivity contribution in [2.45, 2.75) is 13.5 Å². The fraction of sp³-hybridized carbons (Fsp3) is 0.158. The number of nitrogens with zero attached hydrogens (tertiary/aromatic N) is 3. The number of nitrogens with one attached hydrogen (secondary N) is 1. The van der Waals surface area contributed by atoms with E-state index < -0.39 is 0 Å². The molecule has 1 aliphatic heterocycles. The van der Waals surface area contributed by atoms with Crippen molar-refractivity contribution in [2.24, 2.45) is 0 Å². The summed E-state index contributed by atoms with van der Waals surface area (Å²) in [5.41, 5.74) is 1.50. The zero-order valence-corrected chi connectivity index (χ0v) is 16.8. The maximum Gasteiger partial charge on any atom is 0.267 e. The van der Waals surface area contributed by atoms with Crippen molar-refractivity contribution in [3.63, 3.8) is 0 Å². The molecule has 4 rings (SSSR count). The summed E-state index contributed by atoms with van der Waals surface area (Å²) in [5, 5.41) is 2.95. The quantitative estimate of drug-likeness (QED) is 0.521. The van der Waals surface area contributed by atoms with Crippen molar-refractivity contribution in [3.8, 4) is 0 Å². The van der Waals surface area contributed by atoms with Gasteiger partial charge in [0.1, 0.15) is 21.5 Å². The summed E-state index contributed by atoms with van der Waals surface area (Å²) in [7, 11) is 1.69. The van der Waals surface area contributed by atoms with Crippen LogP contribution in [0.25, 0.3) is 11.7 Å². The monoisotopic (exact) mass is 412 g/mol. The first-order chi connectivity index (χ1) is 13.5. The van der Waals surface area contributed by atoms with Gasteiger partial charge in [0, 0.05) is 13.2 Å². The van der Waals surface area contributed by atoms with Crippen molar-refractivity contribution in [2.75, 3.05) is 12.4 Å². The van der Waals surface area contributed by atoms with Crippen molar-refractivity contribution in [1.82, 2.24) is 14.3 Å². The lowest BCUT2D eigenvalue weighted by atomic mass is 10.2. The smallest absolute Gasteiger partial charge is 0.267 e. The Hall–Kier alpha value is -2.91. The van der Waals surface area contributed by atoms with Crippen molar-refractivity contribution in [3.05, 3.63) is 68.9 Å². The standard InChI is InChI=1S/C19H16N4O3S2/c1-11-5-3-7-22-16(11)21-15(20-2)13(17(22)24)9-14-18(25)23(19(27)28-14)10-12-6-4-8-26-12/h3-9,20H,10H2,1-2H3. The van der Waals surface area contributed by atoms with Gasteiger partial charge in [-0.25, -0.2) is 4.98 Å². The number of thioether (sulfide) groups is 1. The highest BCUT2D eigenvalue weighted by Crippen LogP contribution is 2.34. The lowest BCUT2D eigenvalue weighted by molar-refractivity contribution is -0.122. The van der Waals surface area contributed by atoms with Crippen molar-refractivity contribution >= 4 is 51.7 Å². The number of rotatable bonds is 4. The topological polar surface area (TPSA) is 79.9 Å². The number of furan rings is 1. The van der Waals surface area contributed by atoms with Crippen LogP contribution in [0.1, 0.15) is 16.9 Å². The third kappa shape index (κ3) is 3.12. The van der Waals surface area contributed by atoms with Crippen LogP contribution in [0.15, 0.2) is 50.8 Å². The molecule has 142 valence electrons. The molecule has 3 aromatic heterocycles. The van der Waals surface area contributed by atoms with Gasteiger partial charge in [0.2, 0.25) is 0 Å². The Morgan fingerprint density at radius 3 is 2.86 bits per heavy atom. The Morgan fingerprint density at radius 1 is 1.32 bits per heavy atom. The zero-order valence-electron chi connectivity index (χ0n) is 15.1. The maximum absolute atomic E-state index is 13.0. The van der Waals surface area contributed by atoms with E-state index in [4.69, 9.17) is 16.6 Å². The van der Waals surface area contributed by atoms with E-state index >= 15 is 0 Å². The van der Waals surface area contributed by atoms with E-state index in [0.717, 1.165) is 17.3 Å². The highest BCUT2D eigenvalue weighted by Gasteiger charge is 2.33. The fourth-order valence-electron chi connectivity index (χ4n) is 2.96. The normalized spacial score (nSPS) is 15.8. The van der Waals surface area contributed by atoms with Gasteiger partial charge in [0.15, 0.2) is 0 Å². The number of hydrogen-bond donors (Lipinski definition) is 1. The predicted octanol–water partition coefficient (Wildman–Crippen LogP) is 3.04. The molecule has 1 amide bonds. The van der Waals surface area contributed by atoms with E-state index in [1.54, 1.807) is 43.8 Å². The van der Waals surface area contributed by atoms with Gasteiger partial charge in [-0.15, -0.1) is 0 Å².